The zero-order valence-electron chi connectivity index (χ0n) is 17.2. The Morgan fingerprint density at radius 2 is 1.52 bits per heavy atom. The maximum Gasteiger partial charge on any atom is 0.254 e. The van der Waals surface area contributed by atoms with Crippen molar-refractivity contribution in [3.8, 4) is 0 Å². The number of benzene rings is 2. The van der Waals surface area contributed by atoms with Gasteiger partial charge in [-0.15, -0.1) is 0 Å². The Hall–Kier alpha value is -2.40. The fourth-order valence-electron chi connectivity index (χ4n) is 4.82. The van der Waals surface area contributed by atoms with Gasteiger partial charge in [-0.05, 0) is 55.4 Å². The fourth-order valence-corrected chi connectivity index (χ4v) is 4.82. The number of carbonyl (C=O) groups is 2. The first-order chi connectivity index (χ1) is 14.0. The molecule has 2 saturated heterocycles. The molecule has 1 atom stereocenters. The highest BCUT2D eigenvalue weighted by Gasteiger charge is 2.33. The van der Waals surface area contributed by atoms with Gasteiger partial charge in [0.1, 0.15) is 0 Å². The van der Waals surface area contributed by atoms with E-state index in [0.717, 1.165) is 55.1 Å². The smallest absolute Gasteiger partial charge is 0.254 e. The topological polar surface area (TPSA) is 66.6 Å². The lowest BCUT2D eigenvalue weighted by Gasteiger charge is -2.38. The molecule has 2 heterocycles. The molecule has 5 heteroatoms. The predicted octanol–water partition coefficient (Wildman–Crippen LogP) is 3.28. The third kappa shape index (κ3) is 4.15. The lowest BCUT2D eigenvalue weighted by molar-refractivity contribution is -0.138. The van der Waals surface area contributed by atoms with Gasteiger partial charge in [-0.25, -0.2) is 0 Å². The standard InChI is InChI=1S/C24H31N3O2/c1-17(25)18-9-13-26(14-10-18)23(28)20-11-15-27(16-12-20)24(29)22-8-4-6-19-5-2-3-7-21(19)22/h2-8,17-18,20H,9-16,25H2,1H3. The average Bonchev–Trinajstić information content (AvgIpc) is 2.78. The minimum atomic E-state index is 0.0402. The molecule has 29 heavy (non-hydrogen) atoms. The van der Waals surface area contributed by atoms with E-state index in [1.807, 2.05) is 52.3 Å². The minimum Gasteiger partial charge on any atom is -0.342 e. The summed E-state index contributed by atoms with van der Waals surface area (Å²) < 4.78 is 0. The summed E-state index contributed by atoms with van der Waals surface area (Å²) in [5.41, 5.74) is 6.77. The van der Waals surface area contributed by atoms with Crippen LogP contribution in [-0.2, 0) is 4.79 Å². The Morgan fingerprint density at radius 1 is 0.897 bits per heavy atom. The van der Waals surface area contributed by atoms with Crippen LogP contribution in [0.1, 0.15) is 43.0 Å². The highest BCUT2D eigenvalue weighted by molar-refractivity contribution is 6.07. The van der Waals surface area contributed by atoms with Crippen LogP contribution in [0.3, 0.4) is 0 Å². The Morgan fingerprint density at radius 3 is 2.21 bits per heavy atom. The Balaban J connectivity index is 1.36. The van der Waals surface area contributed by atoms with Gasteiger partial charge >= 0.3 is 0 Å². The predicted molar refractivity (Wildman–Crippen MR) is 116 cm³/mol. The van der Waals surface area contributed by atoms with Crippen LogP contribution in [0.2, 0.25) is 0 Å². The zero-order valence-corrected chi connectivity index (χ0v) is 17.2. The summed E-state index contributed by atoms with van der Waals surface area (Å²) in [6.07, 6.45) is 3.51. The first-order valence-electron chi connectivity index (χ1n) is 10.9. The summed E-state index contributed by atoms with van der Waals surface area (Å²) in [4.78, 5) is 30.0. The number of hydrogen-bond acceptors (Lipinski definition) is 3. The van der Waals surface area contributed by atoms with Crippen molar-refractivity contribution >= 4 is 22.6 Å². The van der Waals surface area contributed by atoms with E-state index in [9.17, 15) is 9.59 Å². The molecule has 154 valence electrons. The van der Waals surface area contributed by atoms with Crippen LogP contribution in [0.5, 0.6) is 0 Å². The van der Waals surface area contributed by atoms with Crippen LogP contribution in [0.15, 0.2) is 42.5 Å². The number of fused-ring (bicyclic) bond motifs is 1. The maximum absolute atomic E-state index is 13.1. The van der Waals surface area contributed by atoms with Crippen molar-refractivity contribution in [1.82, 2.24) is 9.80 Å². The van der Waals surface area contributed by atoms with Crippen LogP contribution in [0.25, 0.3) is 10.8 Å². The third-order valence-electron chi connectivity index (χ3n) is 6.75. The van der Waals surface area contributed by atoms with Crippen molar-refractivity contribution in [3.63, 3.8) is 0 Å². The van der Waals surface area contributed by atoms with E-state index in [4.69, 9.17) is 5.73 Å². The van der Waals surface area contributed by atoms with Crippen LogP contribution >= 0.6 is 0 Å². The van der Waals surface area contributed by atoms with E-state index in [-0.39, 0.29) is 23.8 Å². The molecular formula is C24H31N3O2. The van der Waals surface area contributed by atoms with Crippen molar-refractivity contribution in [3.05, 3.63) is 48.0 Å². The second-order valence-electron chi connectivity index (χ2n) is 8.62. The van der Waals surface area contributed by atoms with Crippen molar-refractivity contribution in [2.45, 2.75) is 38.6 Å². The average molecular weight is 394 g/mol. The molecule has 0 spiro atoms. The van der Waals surface area contributed by atoms with Gasteiger partial charge in [-0.3, -0.25) is 9.59 Å². The molecule has 2 N–H and O–H groups in total. The van der Waals surface area contributed by atoms with Crippen molar-refractivity contribution in [1.29, 1.82) is 0 Å². The Bertz CT molecular complexity index is 873. The molecule has 2 aromatic carbocycles. The van der Waals surface area contributed by atoms with Gasteiger partial charge < -0.3 is 15.5 Å². The molecule has 1 unspecified atom stereocenters. The second kappa shape index (κ2) is 8.54. The minimum absolute atomic E-state index is 0.0402. The summed E-state index contributed by atoms with van der Waals surface area (Å²) in [6.45, 7) is 4.99. The summed E-state index contributed by atoms with van der Waals surface area (Å²) in [5.74, 6) is 0.911. The van der Waals surface area contributed by atoms with Gasteiger partial charge in [-0.1, -0.05) is 36.4 Å². The molecule has 0 radical (unpaired) electrons. The number of likely N-dealkylation sites (tertiary alicyclic amines) is 2. The van der Waals surface area contributed by atoms with Crippen LogP contribution in [0, 0.1) is 11.8 Å². The summed E-state index contributed by atoms with van der Waals surface area (Å²) in [5, 5.41) is 2.08. The molecule has 0 saturated carbocycles. The first kappa shape index (κ1) is 19.9. The molecule has 0 bridgehead atoms. The van der Waals surface area contributed by atoms with Crippen LogP contribution < -0.4 is 5.73 Å². The van der Waals surface area contributed by atoms with Gasteiger partial charge in [0.05, 0.1) is 0 Å². The van der Waals surface area contributed by atoms with E-state index < -0.39 is 0 Å². The van der Waals surface area contributed by atoms with E-state index >= 15 is 0 Å². The molecule has 0 aromatic heterocycles. The first-order valence-corrected chi connectivity index (χ1v) is 10.9. The van der Waals surface area contributed by atoms with E-state index in [0.29, 0.717) is 19.0 Å². The van der Waals surface area contributed by atoms with E-state index in [1.54, 1.807) is 0 Å². The number of nitrogens with zero attached hydrogens (tertiary/aromatic N) is 2. The normalized spacial score (nSPS) is 20.1. The Kier molecular flexibility index (Phi) is 5.86. The summed E-state index contributed by atoms with van der Waals surface area (Å²) >= 11 is 0. The van der Waals surface area contributed by atoms with Crippen molar-refractivity contribution in [2.75, 3.05) is 26.2 Å². The highest BCUT2D eigenvalue weighted by atomic mass is 16.2. The van der Waals surface area contributed by atoms with Crippen molar-refractivity contribution in [2.24, 2.45) is 17.6 Å². The largest absolute Gasteiger partial charge is 0.342 e. The van der Waals surface area contributed by atoms with Crippen molar-refractivity contribution < 1.29 is 9.59 Å². The molecule has 2 aliphatic heterocycles. The van der Waals surface area contributed by atoms with Gasteiger partial charge in [0.2, 0.25) is 5.91 Å². The fraction of sp³-hybridized carbons (Fsp3) is 0.500. The molecule has 2 aromatic rings. The molecule has 2 aliphatic rings. The lowest BCUT2D eigenvalue weighted by atomic mass is 9.89. The van der Waals surface area contributed by atoms with E-state index in [1.165, 1.54) is 0 Å². The van der Waals surface area contributed by atoms with Crippen LogP contribution in [0.4, 0.5) is 0 Å². The maximum atomic E-state index is 13.1. The third-order valence-corrected chi connectivity index (χ3v) is 6.75. The van der Waals surface area contributed by atoms with Gasteiger partial charge in [0.25, 0.3) is 5.91 Å². The van der Waals surface area contributed by atoms with Gasteiger partial charge in [0, 0.05) is 43.7 Å². The van der Waals surface area contributed by atoms with E-state index in [2.05, 4.69) is 6.92 Å². The number of rotatable bonds is 3. The molecule has 2 amide bonds. The molecular weight excluding hydrogens is 362 g/mol. The quantitative estimate of drug-likeness (QED) is 0.870. The highest BCUT2D eigenvalue weighted by Crippen LogP contribution is 2.27. The van der Waals surface area contributed by atoms with Crippen LogP contribution in [-0.4, -0.2) is 53.8 Å². The number of carbonyl (C=O) groups excluding carboxylic acids is 2. The molecule has 5 nitrogen and oxygen atoms in total. The van der Waals surface area contributed by atoms with Gasteiger partial charge in [-0.2, -0.15) is 0 Å². The molecule has 2 fully saturated rings. The monoisotopic (exact) mass is 393 g/mol. The lowest BCUT2D eigenvalue weighted by Crippen LogP contribution is -2.48. The molecule has 0 aliphatic carbocycles. The SMILES string of the molecule is CC(N)C1CCN(C(=O)C2CCN(C(=O)c3cccc4ccccc34)CC2)CC1. The second-order valence-corrected chi connectivity index (χ2v) is 8.62. The number of hydrogen-bond donors (Lipinski definition) is 1. The number of piperidine rings is 2. The van der Waals surface area contributed by atoms with Gasteiger partial charge in [0.15, 0.2) is 0 Å². The summed E-state index contributed by atoms with van der Waals surface area (Å²) in [6, 6.07) is 14.1. The number of nitrogens with two attached hydrogens (primary N) is 1. The zero-order chi connectivity index (χ0) is 20.4. The number of amides is 2. The summed E-state index contributed by atoms with van der Waals surface area (Å²) in [7, 11) is 0. The Labute approximate surface area is 172 Å². The molecule has 4 rings (SSSR count).